The molecule has 2 rings (SSSR count). The molecule has 1 heterocycles. The summed E-state index contributed by atoms with van der Waals surface area (Å²) in [5.74, 6) is -0.114. The molecule has 1 aromatic rings. The third kappa shape index (κ3) is 4.14. The molecule has 0 saturated carbocycles. The second kappa shape index (κ2) is 7.65. The SMILES string of the molecule is CN=C1S/C(=C\c2cc(Br)ccc2OCC(=O)OC)C(=O)N1C. The number of aliphatic imine (C=N–C) groups is 1. The van der Waals surface area contributed by atoms with Crippen molar-refractivity contribution in [1.82, 2.24) is 4.90 Å². The van der Waals surface area contributed by atoms with Gasteiger partial charge in [-0.25, -0.2) is 4.79 Å². The Kier molecular flexibility index (Phi) is 5.84. The number of methoxy groups -OCH3 is 1. The van der Waals surface area contributed by atoms with Crippen LogP contribution in [0, 0.1) is 0 Å². The van der Waals surface area contributed by atoms with E-state index in [-0.39, 0.29) is 12.5 Å². The van der Waals surface area contributed by atoms with E-state index in [9.17, 15) is 9.59 Å². The molecule has 0 radical (unpaired) electrons. The molecule has 0 atom stereocenters. The van der Waals surface area contributed by atoms with E-state index in [2.05, 4.69) is 25.7 Å². The van der Waals surface area contributed by atoms with Gasteiger partial charge in [0.05, 0.1) is 12.0 Å². The Hall–Kier alpha value is -1.80. The van der Waals surface area contributed by atoms with Gasteiger partial charge >= 0.3 is 5.97 Å². The predicted molar refractivity (Wildman–Crippen MR) is 93.4 cm³/mol. The molecular formula is C15H15BrN2O4S. The molecule has 1 aromatic carbocycles. The van der Waals surface area contributed by atoms with Crippen molar-refractivity contribution in [1.29, 1.82) is 0 Å². The Balaban J connectivity index is 2.32. The molecular weight excluding hydrogens is 384 g/mol. The van der Waals surface area contributed by atoms with Crippen LogP contribution in [0.2, 0.25) is 0 Å². The number of ether oxygens (including phenoxy) is 2. The summed E-state index contributed by atoms with van der Waals surface area (Å²) in [5.41, 5.74) is 0.685. The first-order chi connectivity index (χ1) is 11.0. The molecule has 23 heavy (non-hydrogen) atoms. The van der Waals surface area contributed by atoms with Crippen molar-refractivity contribution >= 4 is 50.8 Å². The molecule has 6 nitrogen and oxygen atoms in total. The maximum atomic E-state index is 12.2. The van der Waals surface area contributed by atoms with E-state index in [1.807, 2.05) is 6.07 Å². The quantitative estimate of drug-likeness (QED) is 0.575. The first kappa shape index (κ1) is 17.6. The van der Waals surface area contributed by atoms with Gasteiger partial charge in [-0.05, 0) is 36.0 Å². The standard InChI is InChI=1S/C15H15BrN2O4S/c1-17-15-18(2)14(20)12(23-15)7-9-6-10(16)4-5-11(9)22-8-13(19)21-3/h4-7H,8H2,1-3H3/b12-7-,17-15?. The minimum absolute atomic E-state index is 0.130. The molecule has 0 bridgehead atoms. The van der Waals surface area contributed by atoms with Crippen molar-refractivity contribution in [2.45, 2.75) is 0 Å². The van der Waals surface area contributed by atoms with Gasteiger partial charge in [-0.15, -0.1) is 0 Å². The summed E-state index contributed by atoms with van der Waals surface area (Å²) < 4.78 is 10.9. The number of halogens is 1. The van der Waals surface area contributed by atoms with E-state index in [0.717, 1.165) is 4.47 Å². The molecule has 8 heteroatoms. The average Bonchev–Trinajstić information content (AvgIpc) is 2.81. The molecule has 1 amide bonds. The second-order valence-electron chi connectivity index (χ2n) is 4.53. The van der Waals surface area contributed by atoms with E-state index in [1.165, 1.54) is 23.8 Å². The number of thioether (sulfide) groups is 1. The average molecular weight is 399 g/mol. The Morgan fingerprint density at radius 3 is 2.83 bits per heavy atom. The first-order valence-electron chi connectivity index (χ1n) is 6.59. The van der Waals surface area contributed by atoms with E-state index >= 15 is 0 Å². The van der Waals surface area contributed by atoms with Crippen LogP contribution >= 0.6 is 27.7 Å². The maximum Gasteiger partial charge on any atom is 0.343 e. The summed E-state index contributed by atoms with van der Waals surface area (Å²) in [4.78, 5) is 29.5. The van der Waals surface area contributed by atoms with Crippen LogP contribution in [0.25, 0.3) is 6.08 Å². The summed E-state index contributed by atoms with van der Waals surface area (Å²) in [7, 11) is 4.61. The monoisotopic (exact) mass is 398 g/mol. The van der Waals surface area contributed by atoms with Gasteiger partial charge in [-0.1, -0.05) is 15.9 Å². The summed E-state index contributed by atoms with van der Waals surface area (Å²) >= 11 is 4.68. The van der Waals surface area contributed by atoms with Crippen LogP contribution in [0.1, 0.15) is 5.56 Å². The minimum Gasteiger partial charge on any atom is -0.481 e. The summed E-state index contributed by atoms with van der Waals surface area (Å²) in [6.45, 7) is -0.197. The number of hydrogen-bond donors (Lipinski definition) is 0. The molecule has 0 spiro atoms. The number of nitrogens with zero attached hydrogens (tertiary/aromatic N) is 2. The molecule has 1 saturated heterocycles. The number of carbonyl (C=O) groups excluding carboxylic acids is 2. The zero-order valence-corrected chi connectivity index (χ0v) is 15.2. The van der Waals surface area contributed by atoms with Gasteiger partial charge in [0.25, 0.3) is 5.91 Å². The Bertz CT molecular complexity index is 703. The summed E-state index contributed by atoms with van der Waals surface area (Å²) in [5, 5.41) is 0.633. The Labute approximate surface area is 146 Å². The van der Waals surface area contributed by atoms with Gasteiger partial charge in [0.2, 0.25) is 0 Å². The Morgan fingerprint density at radius 1 is 1.48 bits per heavy atom. The third-order valence-electron chi connectivity index (χ3n) is 3.03. The van der Waals surface area contributed by atoms with Crippen LogP contribution in [0.15, 0.2) is 32.6 Å². The van der Waals surface area contributed by atoms with Crippen LogP contribution in [0.5, 0.6) is 5.75 Å². The lowest BCUT2D eigenvalue weighted by atomic mass is 10.2. The molecule has 1 aliphatic rings. The number of carbonyl (C=O) groups is 2. The molecule has 122 valence electrons. The molecule has 0 unspecified atom stereocenters. The van der Waals surface area contributed by atoms with Gasteiger partial charge in [-0.3, -0.25) is 14.7 Å². The number of esters is 1. The third-order valence-corrected chi connectivity index (χ3v) is 4.67. The number of benzene rings is 1. The van der Waals surface area contributed by atoms with Crippen molar-refractivity contribution in [2.24, 2.45) is 4.99 Å². The van der Waals surface area contributed by atoms with Gasteiger partial charge < -0.3 is 9.47 Å². The number of amidine groups is 1. The number of rotatable bonds is 4. The molecule has 0 aromatic heterocycles. The van der Waals surface area contributed by atoms with Crippen molar-refractivity contribution in [3.8, 4) is 5.75 Å². The highest BCUT2D eigenvalue weighted by Crippen LogP contribution is 2.34. The van der Waals surface area contributed by atoms with Gasteiger partial charge in [0.15, 0.2) is 11.8 Å². The van der Waals surface area contributed by atoms with E-state index < -0.39 is 5.97 Å². The van der Waals surface area contributed by atoms with Crippen LogP contribution < -0.4 is 4.74 Å². The highest BCUT2D eigenvalue weighted by atomic mass is 79.9. The van der Waals surface area contributed by atoms with E-state index in [0.29, 0.717) is 21.4 Å². The Morgan fingerprint density at radius 2 is 2.22 bits per heavy atom. The largest absolute Gasteiger partial charge is 0.481 e. The van der Waals surface area contributed by atoms with Crippen LogP contribution in [-0.4, -0.2) is 49.8 Å². The number of amides is 1. The summed E-state index contributed by atoms with van der Waals surface area (Å²) in [6.07, 6.45) is 1.72. The predicted octanol–water partition coefficient (Wildman–Crippen LogP) is 2.53. The maximum absolute atomic E-state index is 12.2. The lowest BCUT2D eigenvalue weighted by Crippen LogP contribution is -2.23. The summed E-state index contributed by atoms with van der Waals surface area (Å²) in [6, 6.07) is 5.33. The van der Waals surface area contributed by atoms with Crippen LogP contribution in [0.4, 0.5) is 0 Å². The molecule has 1 fully saturated rings. The topological polar surface area (TPSA) is 68.2 Å². The first-order valence-corrected chi connectivity index (χ1v) is 8.20. The van der Waals surface area contributed by atoms with Crippen molar-refractivity contribution in [3.63, 3.8) is 0 Å². The van der Waals surface area contributed by atoms with Gasteiger partial charge in [-0.2, -0.15) is 0 Å². The van der Waals surface area contributed by atoms with Crippen molar-refractivity contribution < 1.29 is 19.1 Å². The lowest BCUT2D eigenvalue weighted by molar-refractivity contribution is -0.142. The molecule has 0 N–H and O–H groups in total. The van der Waals surface area contributed by atoms with Crippen molar-refractivity contribution in [3.05, 3.63) is 33.1 Å². The van der Waals surface area contributed by atoms with E-state index in [1.54, 1.807) is 32.3 Å². The highest BCUT2D eigenvalue weighted by Gasteiger charge is 2.30. The zero-order chi connectivity index (χ0) is 17.0. The van der Waals surface area contributed by atoms with Gasteiger partial charge in [0, 0.05) is 24.1 Å². The minimum atomic E-state index is -0.474. The molecule has 0 aliphatic carbocycles. The zero-order valence-electron chi connectivity index (χ0n) is 12.8. The van der Waals surface area contributed by atoms with Gasteiger partial charge in [0.1, 0.15) is 5.75 Å². The molecule has 1 aliphatic heterocycles. The number of hydrogen-bond acceptors (Lipinski definition) is 6. The van der Waals surface area contributed by atoms with Crippen LogP contribution in [0.3, 0.4) is 0 Å². The lowest BCUT2D eigenvalue weighted by Gasteiger charge is -2.09. The fraction of sp³-hybridized carbons (Fsp3) is 0.267. The van der Waals surface area contributed by atoms with Crippen molar-refractivity contribution in [2.75, 3.05) is 27.8 Å². The second-order valence-corrected chi connectivity index (χ2v) is 6.45. The fourth-order valence-corrected chi connectivity index (χ4v) is 3.15. The normalized spacial score (nSPS) is 17.9. The fourth-order valence-electron chi connectivity index (χ4n) is 1.85. The van der Waals surface area contributed by atoms with E-state index in [4.69, 9.17) is 4.74 Å². The number of likely N-dealkylation sites (N-methyl/N-ethyl adjacent to an activating group) is 1. The highest BCUT2D eigenvalue weighted by molar-refractivity contribution is 9.10. The smallest absolute Gasteiger partial charge is 0.343 e. The van der Waals surface area contributed by atoms with Crippen LogP contribution in [-0.2, 0) is 14.3 Å².